The molecule has 6 heavy (non-hydrogen) atoms. The highest BCUT2D eigenvalue weighted by Gasteiger charge is 1.45. The number of allylic oxidation sites excluding steroid dienone is 2. The SMILES string of the molecule is [2H]/C(C)=C(/[2H])C#CC. The monoisotopic (exact) mass is 82.1 g/mol. The Hall–Kier alpha value is -0.700. The Labute approximate surface area is 41.7 Å². The quantitative estimate of drug-likeness (QED) is 0.389. The van der Waals surface area contributed by atoms with Crippen LogP contribution in [0.1, 0.15) is 16.6 Å². The van der Waals surface area contributed by atoms with Crippen molar-refractivity contribution < 1.29 is 2.74 Å². The van der Waals surface area contributed by atoms with Crippen molar-refractivity contribution in [2.24, 2.45) is 0 Å². The molecule has 0 unspecified atom stereocenters. The van der Waals surface area contributed by atoms with E-state index in [2.05, 4.69) is 11.8 Å². The summed E-state index contributed by atoms with van der Waals surface area (Å²) in [6.07, 6.45) is 0. The highest BCUT2D eigenvalue weighted by atomic mass is 13.5. The van der Waals surface area contributed by atoms with Crippen molar-refractivity contribution in [1.82, 2.24) is 0 Å². The summed E-state index contributed by atoms with van der Waals surface area (Å²) in [7, 11) is 0. The number of hydrogen-bond donors (Lipinski definition) is 0. The topological polar surface area (TPSA) is 0 Å². The lowest BCUT2D eigenvalue weighted by Crippen LogP contribution is -1.41. The van der Waals surface area contributed by atoms with Crippen LogP contribution in [0.25, 0.3) is 0 Å². The molecule has 0 nitrogen and oxygen atoms in total. The predicted octanol–water partition coefficient (Wildman–Crippen LogP) is 1.59. The lowest BCUT2D eigenvalue weighted by atomic mass is 10.5. The molecule has 0 rings (SSSR count). The van der Waals surface area contributed by atoms with Crippen LogP contribution in [0.2, 0.25) is 0 Å². The molecule has 0 amide bonds. The third kappa shape index (κ3) is 3.30. The zero-order chi connectivity index (χ0) is 6.57. The van der Waals surface area contributed by atoms with Crippen molar-refractivity contribution >= 4 is 0 Å². The van der Waals surface area contributed by atoms with Gasteiger partial charge >= 0.3 is 0 Å². The molecule has 0 bridgehead atoms. The first-order chi connectivity index (χ1) is 3.68. The molecule has 0 heterocycles. The van der Waals surface area contributed by atoms with E-state index in [-0.39, 0.29) is 12.1 Å². The Bertz CT molecular complexity index is 153. The Balaban J connectivity index is 4.16. The molecule has 0 aliphatic carbocycles. The minimum absolute atomic E-state index is 0.104. The maximum atomic E-state index is 6.95. The minimum Gasteiger partial charge on any atom is -0.102 e. The van der Waals surface area contributed by atoms with Gasteiger partial charge in [0.25, 0.3) is 0 Å². The molecular weight excluding hydrogens is 72.1 g/mol. The van der Waals surface area contributed by atoms with Gasteiger partial charge in [-0.15, -0.1) is 5.92 Å². The second kappa shape index (κ2) is 4.30. The van der Waals surface area contributed by atoms with Gasteiger partial charge < -0.3 is 0 Å². The number of rotatable bonds is 0. The van der Waals surface area contributed by atoms with Gasteiger partial charge in [0, 0.05) is 0 Å². The van der Waals surface area contributed by atoms with Gasteiger partial charge in [0.1, 0.15) is 0 Å². The van der Waals surface area contributed by atoms with Crippen molar-refractivity contribution in [3.63, 3.8) is 0 Å². The summed E-state index contributed by atoms with van der Waals surface area (Å²) >= 11 is 0. The molecule has 0 spiro atoms. The summed E-state index contributed by atoms with van der Waals surface area (Å²) in [5, 5.41) is 0. The predicted molar refractivity (Wildman–Crippen MR) is 28.3 cm³/mol. The van der Waals surface area contributed by atoms with Crippen molar-refractivity contribution in [3.05, 3.63) is 12.1 Å². The van der Waals surface area contributed by atoms with E-state index in [0.717, 1.165) is 0 Å². The lowest BCUT2D eigenvalue weighted by Gasteiger charge is -1.56. The van der Waals surface area contributed by atoms with E-state index in [9.17, 15) is 0 Å². The second-order valence-electron chi connectivity index (χ2n) is 0.750. The maximum absolute atomic E-state index is 6.95. The Morgan fingerprint density at radius 2 is 2.50 bits per heavy atom. The van der Waals surface area contributed by atoms with E-state index >= 15 is 0 Å². The molecule has 0 saturated heterocycles. The minimum atomic E-state index is 0.104. The molecule has 0 atom stereocenters. The van der Waals surface area contributed by atoms with Gasteiger partial charge in [0.05, 0.1) is 2.74 Å². The number of hydrogen-bond acceptors (Lipinski definition) is 0. The highest BCUT2D eigenvalue weighted by molar-refractivity contribution is 5.12. The fourth-order valence-electron chi connectivity index (χ4n) is 0.125. The van der Waals surface area contributed by atoms with Crippen LogP contribution in [-0.2, 0) is 0 Å². The van der Waals surface area contributed by atoms with E-state index < -0.39 is 0 Å². The standard InChI is InChI=1S/C6H8/c1-3-5-6-4-2/h3,5H,1-2H3/b5-3+/i3D,5D. The Morgan fingerprint density at radius 1 is 1.83 bits per heavy atom. The molecule has 0 aromatic carbocycles. The first kappa shape index (κ1) is 2.47. The van der Waals surface area contributed by atoms with E-state index in [1.807, 2.05) is 0 Å². The van der Waals surface area contributed by atoms with Crippen LogP contribution in [0.4, 0.5) is 0 Å². The van der Waals surface area contributed by atoms with E-state index in [1.54, 1.807) is 13.8 Å². The summed E-state index contributed by atoms with van der Waals surface area (Å²) < 4.78 is 13.8. The van der Waals surface area contributed by atoms with Crippen LogP contribution < -0.4 is 0 Å². The van der Waals surface area contributed by atoms with Gasteiger partial charge in [-0.2, -0.15) is 0 Å². The summed E-state index contributed by atoms with van der Waals surface area (Å²) in [4.78, 5) is 0. The van der Waals surface area contributed by atoms with Crippen LogP contribution in [0.3, 0.4) is 0 Å². The molecule has 0 aromatic heterocycles. The van der Waals surface area contributed by atoms with Crippen molar-refractivity contribution in [2.75, 3.05) is 0 Å². The second-order valence-corrected chi connectivity index (χ2v) is 0.750. The zero-order valence-electron chi connectivity index (χ0n) is 6.00. The molecule has 0 aromatic rings. The fraction of sp³-hybridized carbons (Fsp3) is 0.333. The van der Waals surface area contributed by atoms with Crippen LogP contribution >= 0.6 is 0 Å². The fourth-order valence-corrected chi connectivity index (χ4v) is 0.125. The molecule has 0 heteroatoms. The van der Waals surface area contributed by atoms with Gasteiger partial charge in [-0.05, 0) is 19.9 Å². The molecule has 0 N–H and O–H groups in total. The average Bonchev–Trinajstić information content (AvgIpc) is 1.67. The third-order valence-electron chi connectivity index (χ3n) is 0.312. The van der Waals surface area contributed by atoms with Crippen LogP contribution in [-0.4, -0.2) is 0 Å². The van der Waals surface area contributed by atoms with Gasteiger partial charge in [-0.1, -0.05) is 12.0 Å². The normalized spacial score (nSPS) is 15.7. The summed E-state index contributed by atoms with van der Waals surface area (Å²) in [5.74, 6) is 4.99. The lowest BCUT2D eigenvalue weighted by molar-refractivity contribution is 1.75. The van der Waals surface area contributed by atoms with Gasteiger partial charge in [0.2, 0.25) is 0 Å². The third-order valence-corrected chi connectivity index (χ3v) is 0.312. The zero-order valence-corrected chi connectivity index (χ0v) is 4.00. The Kier molecular flexibility index (Phi) is 1.77. The molecule has 0 fully saturated rings. The molecule has 0 aliphatic rings. The van der Waals surface area contributed by atoms with Crippen LogP contribution in [0, 0.1) is 11.8 Å². The Morgan fingerprint density at radius 3 is 2.67 bits per heavy atom. The van der Waals surface area contributed by atoms with Gasteiger partial charge in [-0.25, -0.2) is 0 Å². The summed E-state index contributed by atoms with van der Waals surface area (Å²) in [5.41, 5.74) is 0. The average molecular weight is 82.1 g/mol. The van der Waals surface area contributed by atoms with E-state index in [4.69, 9.17) is 2.74 Å². The van der Waals surface area contributed by atoms with Crippen molar-refractivity contribution in [2.45, 2.75) is 13.8 Å². The first-order valence-electron chi connectivity index (χ1n) is 2.75. The molecular formula is C6H8. The van der Waals surface area contributed by atoms with Crippen LogP contribution in [0.15, 0.2) is 12.1 Å². The molecule has 0 aliphatic heterocycles. The van der Waals surface area contributed by atoms with E-state index in [0.29, 0.717) is 0 Å². The molecule has 0 radical (unpaired) electrons. The molecule has 32 valence electrons. The van der Waals surface area contributed by atoms with Crippen LogP contribution in [0.5, 0.6) is 0 Å². The maximum Gasteiger partial charge on any atom is 0.0717 e. The first-order valence-corrected chi connectivity index (χ1v) is 1.75. The van der Waals surface area contributed by atoms with Gasteiger partial charge in [-0.3, -0.25) is 0 Å². The van der Waals surface area contributed by atoms with Crippen molar-refractivity contribution in [1.29, 1.82) is 0 Å². The summed E-state index contributed by atoms with van der Waals surface area (Å²) in [6, 6.07) is 0.326. The van der Waals surface area contributed by atoms with Crippen molar-refractivity contribution in [3.8, 4) is 11.8 Å². The van der Waals surface area contributed by atoms with Gasteiger partial charge in [0.15, 0.2) is 0 Å². The molecule has 0 saturated carbocycles. The largest absolute Gasteiger partial charge is 0.102 e. The highest BCUT2D eigenvalue weighted by Crippen LogP contribution is 1.61. The van der Waals surface area contributed by atoms with E-state index in [1.165, 1.54) is 0 Å². The smallest absolute Gasteiger partial charge is 0.0717 e. The summed E-state index contributed by atoms with van der Waals surface area (Å²) in [6.45, 7) is 3.20.